The van der Waals surface area contributed by atoms with Crippen LogP contribution in [0.1, 0.15) is 36.5 Å². The maximum Gasteiger partial charge on any atom is 0.184 e. The van der Waals surface area contributed by atoms with Crippen molar-refractivity contribution in [3.8, 4) is 0 Å². The first-order valence-corrected chi connectivity index (χ1v) is 15.0. The monoisotopic (exact) mass is 604 g/mol. The van der Waals surface area contributed by atoms with Gasteiger partial charge < -0.3 is 59.8 Å². The summed E-state index contributed by atoms with van der Waals surface area (Å²) in [6.07, 6.45) is -9.11. The summed E-state index contributed by atoms with van der Waals surface area (Å²) < 4.78 is 22.8. The molecule has 0 aromatic heterocycles. The van der Waals surface area contributed by atoms with Gasteiger partial charge in [0.15, 0.2) is 12.6 Å². The number of ether oxygens (including phenoxy) is 4. The molecule has 0 unspecified atom stereocenters. The average molecular weight is 605 g/mol. The maximum absolute atomic E-state index is 10.8. The van der Waals surface area contributed by atoms with Crippen molar-refractivity contribution >= 4 is 0 Å². The van der Waals surface area contributed by atoms with Gasteiger partial charge in [-0.2, -0.15) is 0 Å². The van der Waals surface area contributed by atoms with Gasteiger partial charge in [0.1, 0.15) is 36.6 Å². The Kier molecular flexibility index (Phi) is 11.5. The van der Waals surface area contributed by atoms with Gasteiger partial charge in [0.25, 0.3) is 0 Å². The van der Waals surface area contributed by atoms with Crippen LogP contribution in [0.4, 0.5) is 0 Å². The van der Waals surface area contributed by atoms with E-state index in [4.69, 9.17) is 18.9 Å². The fraction of sp³-hybridized carbons (Fsp3) is 0.613. The molecule has 2 aromatic rings. The summed E-state index contributed by atoms with van der Waals surface area (Å²) in [5, 5.41) is 67.2. The standard InChI is InChI=1S/C31H44N2O10/c34-22(26(38)28-24(36)17-40-30(42-28)19-7-3-1-4-8-19)15-32-21-11-13-33(14-12-21)16-23(35)27(39)29-25(37)18-41-31(43-29)20-9-5-2-6-10-20/h1-10,21-32,34-39H,11-18H2/t22-,23-,24+,25+,26+,27+,28+,29+,30+,31+/m0/s1. The Morgan fingerprint density at radius 1 is 0.698 bits per heavy atom. The van der Waals surface area contributed by atoms with Crippen LogP contribution in [0.25, 0.3) is 0 Å². The summed E-state index contributed by atoms with van der Waals surface area (Å²) in [5.41, 5.74) is 1.53. The number of nitrogens with one attached hydrogen (secondary N) is 1. The normalized spacial score (nSPS) is 32.1. The molecule has 3 saturated heterocycles. The van der Waals surface area contributed by atoms with Gasteiger partial charge in [-0.1, -0.05) is 60.7 Å². The number of aliphatic hydroxyl groups is 6. The molecule has 12 heteroatoms. The molecule has 12 nitrogen and oxygen atoms in total. The predicted molar refractivity (Wildman–Crippen MR) is 154 cm³/mol. The molecule has 2 aromatic carbocycles. The highest BCUT2D eigenvalue weighted by atomic mass is 16.7. The highest BCUT2D eigenvalue weighted by molar-refractivity contribution is 5.17. The molecule has 3 aliphatic heterocycles. The van der Waals surface area contributed by atoms with Crippen molar-refractivity contribution in [1.82, 2.24) is 10.2 Å². The highest BCUT2D eigenvalue weighted by Crippen LogP contribution is 2.30. The van der Waals surface area contributed by atoms with E-state index in [9.17, 15) is 30.6 Å². The lowest BCUT2D eigenvalue weighted by Gasteiger charge is -2.40. The van der Waals surface area contributed by atoms with Crippen molar-refractivity contribution in [3.05, 3.63) is 71.8 Å². The third-order valence-corrected chi connectivity index (χ3v) is 8.41. The van der Waals surface area contributed by atoms with Gasteiger partial charge in [-0.25, -0.2) is 0 Å². The predicted octanol–water partition coefficient (Wildman–Crippen LogP) is -0.566. The molecule has 0 amide bonds. The first kappa shape index (κ1) is 32.4. The third-order valence-electron chi connectivity index (χ3n) is 8.41. The number of rotatable bonds is 11. The van der Waals surface area contributed by atoms with Gasteiger partial charge in [0.2, 0.25) is 0 Å². The largest absolute Gasteiger partial charge is 0.389 e. The Labute approximate surface area is 251 Å². The minimum absolute atomic E-state index is 0.0150. The summed E-state index contributed by atoms with van der Waals surface area (Å²) >= 11 is 0. The average Bonchev–Trinajstić information content (AvgIpc) is 3.05. The second-order valence-electron chi connectivity index (χ2n) is 11.6. The Balaban J connectivity index is 1.04. The van der Waals surface area contributed by atoms with Gasteiger partial charge in [0, 0.05) is 30.3 Å². The molecule has 0 saturated carbocycles. The molecule has 43 heavy (non-hydrogen) atoms. The van der Waals surface area contributed by atoms with Crippen LogP contribution in [0.2, 0.25) is 0 Å². The molecule has 0 bridgehead atoms. The zero-order chi connectivity index (χ0) is 30.3. The van der Waals surface area contributed by atoms with Crippen molar-refractivity contribution in [2.24, 2.45) is 0 Å². The van der Waals surface area contributed by atoms with Gasteiger partial charge in [-0.15, -0.1) is 0 Å². The first-order valence-electron chi connectivity index (χ1n) is 15.0. The SMILES string of the molecule is O[C@@H]([C@@H]1O[C@H](c2ccccc2)OC[C@H]1O)[C@@H](O)CNC1CCN(C[C@H](O)[C@@H](O)[C@@H]2O[C@H](c3ccccc3)OC[C@H]2O)CC1. The lowest BCUT2D eigenvalue weighted by molar-refractivity contribution is -0.283. The van der Waals surface area contributed by atoms with Crippen molar-refractivity contribution in [2.75, 3.05) is 39.4 Å². The number of β-amino-alcohol motifs (C(OH)–C–C–N with tert-alkyl or cyclic N) is 1. The van der Waals surface area contributed by atoms with Crippen molar-refractivity contribution < 1.29 is 49.6 Å². The Bertz CT molecular complexity index is 1090. The number of likely N-dealkylation sites (tertiary alicyclic amines) is 1. The van der Waals surface area contributed by atoms with Crippen LogP contribution in [0.15, 0.2) is 60.7 Å². The van der Waals surface area contributed by atoms with E-state index in [0.29, 0.717) is 13.1 Å². The molecule has 0 aliphatic carbocycles. The Morgan fingerprint density at radius 2 is 1.16 bits per heavy atom. The first-order chi connectivity index (χ1) is 20.8. The van der Waals surface area contributed by atoms with E-state index >= 15 is 0 Å². The van der Waals surface area contributed by atoms with Gasteiger partial charge in [-0.05, 0) is 25.9 Å². The zero-order valence-electron chi connectivity index (χ0n) is 24.0. The minimum atomic E-state index is -1.32. The van der Waals surface area contributed by atoms with Crippen molar-refractivity contribution in [1.29, 1.82) is 0 Å². The second-order valence-corrected chi connectivity index (χ2v) is 11.6. The van der Waals surface area contributed by atoms with E-state index in [0.717, 1.165) is 24.0 Å². The quantitative estimate of drug-likeness (QED) is 0.174. The summed E-state index contributed by atoms with van der Waals surface area (Å²) in [6.45, 7) is 1.57. The fourth-order valence-electron chi connectivity index (χ4n) is 5.83. The molecule has 3 heterocycles. The molecular formula is C31H44N2O10. The molecule has 3 fully saturated rings. The third kappa shape index (κ3) is 8.37. The molecule has 5 rings (SSSR count). The van der Waals surface area contributed by atoms with E-state index < -0.39 is 61.4 Å². The zero-order valence-corrected chi connectivity index (χ0v) is 24.0. The lowest BCUT2D eigenvalue weighted by Crippen LogP contribution is -2.55. The van der Waals surface area contributed by atoms with E-state index in [1.807, 2.05) is 65.6 Å². The fourth-order valence-corrected chi connectivity index (χ4v) is 5.83. The van der Waals surface area contributed by atoms with Crippen LogP contribution in [-0.4, -0.2) is 130 Å². The van der Waals surface area contributed by atoms with Crippen LogP contribution >= 0.6 is 0 Å². The molecule has 7 N–H and O–H groups in total. The molecule has 0 spiro atoms. The van der Waals surface area contributed by atoms with E-state index in [-0.39, 0.29) is 32.3 Å². The molecule has 3 aliphatic rings. The molecular weight excluding hydrogens is 560 g/mol. The van der Waals surface area contributed by atoms with Gasteiger partial charge in [0.05, 0.1) is 25.4 Å². The number of aliphatic hydroxyl groups excluding tert-OH is 6. The van der Waals surface area contributed by atoms with Crippen molar-refractivity contribution in [3.63, 3.8) is 0 Å². The molecule has 238 valence electrons. The summed E-state index contributed by atoms with van der Waals surface area (Å²) in [6, 6.07) is 18.5. The molecule has 10 atom stereocenters. The summed E-state index contributed by atoms with van der Waals surface area (Å²) in [5.74, 6) is 0. The van der Waals surface area contributed by atoms with Crippen LogP contribution in [-0.2, 0) is 18.9 Å². The van der Waals surface area contributed by atoms with Crippen LogP contribution in [0.3, 0.4) is 0 Å². The molecule has 0 radical (unpaired) electrons. The minimum Gasteiger partial charge on any atom is -0.389 e. The summed E-state index contributed by atoms with van der Waals surface area (Å²) in [4.78, 5) is 2.04. The van der Waals surface area contributed by atoms with Gasteiger partial charge in [-0.3, -0.25) is 0 Å². The topological polar surface area (TPSA) is 174 Å². The lowest BCUT2D eigenvalue weighted by atomic mass is 9.99. The number of hydrogen-bond acceptors (Lipinski definition) is 12. The smallest absolute Gasteiger partial charge is 0.184 e. The Hall–Kier alpha value is -2.04. The Morgan fingerprint density at radius 3 is 1.65 bits per heavy atom. The van der Waals surface area contributed by atoms with E-state index in [2.05, 4.69) is 5.32 Å². The number of hydrogen-bond donors (Lipinski definition) is 7. The van der Waals surface area contributed by atoms with E-state index in [1.54, 1.807) is 0 Å². The number of nitrogens with zero attached hydrogens (tertiary/aromatic N) is 1. The van der Waals surface area contributed by atoms with Crippen LogP contribution in [0.5, 0.6) is 0 Å². The number of piperidine rings is 1. The van der Waals surface area contributed by atoms with Crippen LogP contribution < -0.4 is 5.32 Å². The van der Waals surface area contributed by atoms with Gasteiger partial charge >= 0.3 is 0 Å². The number of benzene rings is 2. The second kappa shape index (κ2) is 15.3. The maximum atomic E-state index is 10.8. The van der Waals surface area contributed by atoms with Crippen LogP contribution in [0, 0.1) is 0 Å². The van der Waals surface area contributed by atoms with E-state index in [1.165, 1.54) is 0 Å². The summed E-state index contributed by atoms with van der Waals surface area (Å²) in [7, 11) is 0. The highest BCUT2D eigenvalue weighted by Gasteiger charge is 2.41. The van der Waals surface area contributed by atoms with Crippen molar-refractivity contribution in [2.45, 2.75) is 80.3 Å².